The number of ether oxygens (including phenoxy) is 1. The lowest BCUT2D eigenvalue weighted by Gasteiger charge is -2.28. The number of hydrogen-bond acceptors (Lipinski definition) is 6. The molecule has 0 radical (unpaired) electrons. The van der Waals surface area contributed by atoms with E-state index in [9.17, 15) is 13.2 Å². The minimum atomic E-state index is -0.726. The summed E-state index contributed by atoms with van der Waals surface area (Å²) in [6.45, 7) is 3.81. The number of alkyl halides is 1. The lowest BCUT2D eigenvalue weighted by molar-refractivity contribution is 0.00396. The van der Waals surface area contributed by atoms with Gasteiger partial charge in [0.05, 0.1) is 30.2 Å². The molecule has 10 heteroatoms. The molecule has 4 aromatic rings. The summed E-state index contributed by atoms with van der Waals surface area (Å²) >= 11 is 0. The number of aryl methyl sites for hydroxylation is 3. The summed E-state index contributed by atoms with van der Waals surface area (Å²) in [5, 5.41) is 4.18. The molecule has 0 saturated carbocycles. The quantitative estimate of drug-likeness (QED) is 0.419. The van der Waals surface area contributed by atoms with Crippen molar-refractivity contribution in [2.24, 2.45) is 0 Å². The lowest BCUT2D eigenvalue weighted by atomic mass is 9.92. The van der Waals surface area contributed by atoms with Crippen molar-refractivity contribution in [1.29, 1.82) is 0 Å². The molecule has 0 aliphatic carbocycles. The Hall–Kier alpha value is -3.40. The first-order valence-corrected chi connectivity index (χ1v) is 11.1. The number of benzene rings is 1. The van der Waals surface area contributed by atoms with Crippen LogP contribution in [0.3, 0.4) is 0 Å². The summed E-state index contributed by atoms with van der Waals surface area (Å²) in [6.07, 6.45) is 4.47. The van der Waals surface area contributed by atoms with Crippen molar-refractivity contribution >= 4 is 11.2 Å². The van der Waals surface area contributed by atoms with Gasteiger partial charge in [-0.3, -0.25) is 4.68 Å². The van der Waals surface area contributed by atoms with Crippen LogP contribution >= 0.6 is 0 Å². The molecule has 1 aliphatic rings. The summed E-state index contributed by atoms with van der Waals surface area (Å²) in [6, 6.07) is 3.39. The average Bonchev–Trinajstić information content (AvgIpc) is 3.29. The van der Waals surface area contributed by atoms with Crippen molar-refractivity contribution in [3.63, 3.8) is 0 Å². The molecule has 0 bridgehead atoms. The zero-order valence-electron chi connectivity index (χ0n) is 18.8. The Balaban J connectivity index is 1.57. The predicted octanol–water partition coefficient (Wildman–Crippen LogP) is 4.78. The molecule has 1 aromatic carbocycles. The lowest BCUT2D eigenvalue weighted by Crippen LogP contribution is -2.20. The number of rotatable bonds is 5. The van der Waals surface area contributed by atoms with Gasteiger partial charge in [-0.2, -0.15) is 5.10 Å². The van der Waals surface area contributed by atoms with Crippen molar-refractivity contribution in [2.75, 3.05) is 13.3 Å². The highest BCUT2D eigenvalue weighted by Gasteiger charge is 2.29. The normalized spacial score (nSPS) is 18.5. The van der Waals surface area contributed by atoms with Gasteiger partial charge < -0.3 is 4.74 Å². The topological polar surface area (TPSA) is 78.6 Å². The number of aromatic nitrogens is 6. The third-order valence-corrected chi connectivity index (χ3v) is 6.13. The molecule has 2 atom stereocenters. The van der Waals surface area contributed by atoms with Gasteiger partial charge in [-0.05, 0) is 38.8 Å². The molecule has 1 aliphatic heterocycles. The smallest absolute Gasteiger partial charge is 0.182 e. The maximum Gasteiger partial charge on any atom is 0.182 e. The standard InChI is InChI=1S/C24H23F3N6O/c1-13-14(2)30-24-22(29-13)21(18-4-3-17(26)10-19(18)27)31-23(32-24)15-5-8-34-20(9-15)16-11-28-33(12-16)7-6-25/h3-4,10-12,15,20H,5-9H2,1-2H3/t15-,20+/m1/s1. The molecule has 176 valence electrons. The third kappa shape index (κ3) is 4.25. The van der Waals surface area contributed by atoms with E-state index in [1.807, 2.05) is 13.8 Å². The highest BCUT2D eigenvalue weighted by Crippen LogP contribution is 2.38. The van der Waals surface area contributed by atoms with E-state index in [4.69, 9.17) is 9.72 Å². The van der Waals surface area contributed by atoms with E-state index in [0.717, 1.165) is 11.6 Å². The fourth-order valence-electron chi connectivity index (χ4n) is 4.20. The van der Waals surface area contributed by atoms with Crippen LogP contribution < -0.4 is 0 Å². The van der Waals surface area contributed by atoms with Gasteiger partial charge in [0.1, 0.15) is 35.3 Å². The van der Waals surface area contributed by atoms with Crippen molar-refractivity contribution < 1.29 is 17.9 Å². The maximum atomic E-state index is 14.8. The summed E-state index contributed by atoms with van der Waals surface area (Å²) in [5.41, 5.74) is 3.42. The van der Waals surface area contributed by atoms with E-state index >= 15 is 0 Å². The van der Waals surface area contributed by atoms with Crippen LogP contribution in [0, 0.1) is 25.5 Å². The summed E-state index contributed by atoms with van der Waals surface area (Å²) in [4.78, 5) is 18.6. The Morgan fingerprint density at radius 1 is 1.09 bits per heavy atom. The third-order valence-electron chi connectivity index (χ3n) is 6.13. The van der Waals surface area contributed by atoms with Crippen LogP contribution in [-0.2, 0) is 11.3 Å². The predicted molar refractivity (Wildman–Crippen MR) is 119 cm³/mol. The van der Waals surface area contributed by atoms with E-state index in [1.165, 1.54) is 12.1 Å². The van der Waals surface area contributed by atoms with Crippen LogP contribution in [0.1, 0.15) is 47.6 Å². The molecule has 0 amide bonds. The number of nitrogens with zero attached hydrogens (tertiary/aromatic N) is 6. The average molecular weight is 468 g/mol. The van der Waals surface area contributed by atoms with Crippen molar-refractivity contribution in [3.8, 4) is 11.3 Å². The van der Waals surface area contributed by atoms with Crippen LogP contribution in [-0.4, -0.2) is 43.0 Å². The van der Waals surface area contributed by atoms with E-state index < -0.39 is 18.3 Å². The fourth-order valence-corrected chi connectivity index (χ4v) is 4.20. The van der Waals surface area contributed by atoms with Crippen molar-refractivity contribution in [1.82, 2.24) is 29.7 Å². The van der Waals surface area contributed by atoms with Gasteiger partial charge in [0.15, 0.2) is 5.65 Å². The number of halogens is 3. The second-order valence-electron chi connectivity index (χ2n) is 8.43. The highest BCUT2D eigenvalue weighted by atomic mass is 19.1. The molecule has 4 heterocycles. The van der Waals surface area contributed by atoms with E-state index in [2.05, 4.69) is 20.1 Å². The van der Waals surface area contributed by atoms with Crippen molar-refractivity contribution in [2.45, 2.75) is 45.3 Å². The van der Waals surface area contributed by atoms with E-state index in [0.29, 0.717) is 47.8 Å². The molecule has 7 nitrogen and oxygen atoms in total. The minimum absolute atomic E-state index is 0.0849. The van der Waals surface area contributed by atoms with Crippen LogP contribution in [0.25, 0.3) is 22.4 Å². The van der Waals surface area contributed by atoms with Crippen LogP contribution in [0.2, 0.25) is 0 Å². The summed E-state index contributed by atoms with van der Waals surface area (Å²) in [7, 11) is 0. The van der Waals surface area contributed by atoms with Gasteiger partial charge >= 0.3 is 0 Å². The van der Waals surface area contributed by atoms with Crippen molar-refractivity contribution in [3.05, 3.63) is 65.0 Å². The monoisotopic (exact) mass is 468 g/mol. The van der Waals surface area contributed by atoms with Gasteiger partial charge in [-0.1, -0.05) is 0 Å². The highest BCUT2D eigenvalue weighted by molar-refractivity contribution is 5.87. The summed E-state index contributed by atoms with van der Waals surface area (Å²) < 4.78 is 48.5. The Labute approximate surface area is 194 Å². The van der Waals surface area contributed by atoms with E-state index in [1.54, 1.807) is 17.1 Å². The second-order valence-corrected chi connectivity index (χ2v) is 8.43. The summed E-state index contributed by atoms with van der Waals surface area (Å²) in [5.74, 6) is -0.971. The van der Waals surface area contributed by atoms with Gasteiger partial charge in [0.2, 0.25) is 0 Å². The molecular weight excluding hydrogens is 445 g/mol. The minimum Gasteiger partial charge on any atom is -0.373 e. The van der Waals surface area contributed by atoms with Crippen LogP contribution in [0.15, 0.2) is 30.6 Å². The molecule has 1 fully saturated rings. The van der Waals surface area contributed by atoms with Gasteiger partial charge in [-0.15, -0.1) is 0 Å². The first kappa shape index (κ1) is 22.4. The zero-order chi connectivity index (χ0) is 23.8. The first-order valence-electron chi connectivity index (χ1n) is 11.1. The fraction of sp³-hybridized carbons (Fsp3) is 0.375. The second kappa shape index (κ2) is 9.09. The van der Waals surface area contributed by atoms with Crippen LogP contribution in [0.4, 0.5) is 13.2 Å². The molecule has 5 rings (SSSR count). The Bertz CT molecular complexity index is 1360. The maximum absolute atomic E-state index is 14.8. The molecule has 0 unspecified atom stereocenters. The number of fused-ring (bicyclic) bond motifs is 1. The molecule has 0 spiro atoms. The molecule has 34 heavy (non-hydrogen) atoms. The first-order chi connectivity index (χ1) is 16.4. The molecule has 3 aromatic heterocycles. The van der Waals surface area contributed by atoms with Gasteiger partial charge in [0, 0.05) is 35.9 Å². The Morgan fingerprint density at radius 3 is 2.71 bits per heavy atom. The SMILES string of the molecule is Cc1nc2nc([C@@H]3CCO[C@H](c4cnn(CCF)c4)C3)nc(-c3ccc(F)cc3F)c2nc1C. The Kier molecular flexibility index (Phi) is 5.99. The Morgan fingerprint density at radius 2 is 1.91 bits per heavy atom. The van der Waals surface area contributed by atoms with Gasteiger partial charge in [0.25, 0.3) is 0 Å². The number of hydrogen-bond donors (Lipinski definition) is 0. The van der Waals surface area contributed by atoms with Gasteiger partial charge in [-0.25, -0.2) is 33.1 Å². The largest absolute Gasteiger partial charge is 0.373 e. The molecular formula is C24H23F3N6O. The zero-order valence-corrected chi connectivity index (χ0v) is 18.8. The molecule has 0 N–H and O–H groups in total. The molecule has 1 saturated heterocycles. The van der Waals surface area contributed by atoms with E-state index in [-0.39, 0.29) is 29.8 Å². The van der Waals surface area contributed by atoms with Crippen LogP contribution in [0.5, 0.6) is 0 Å².